The number of nitrogens with one attached hydrogen (secondary N) is 1. The number of fused-ring (bicyclic) bond motifs is 1. The monoisotopic (exact) mass is 364 g/mol. The number of amides is 1. The fourth-order valence-corrected chi connectivity index (χ4v) is 3.48. The van der Waals surface area contributed by atoms with Gasteiger partial charge in [-0.3, -0.25) is 10.1 Å². The van der Waals surface area contributed by atoms with E-state index in [4.69, 9.17) is 4.74 Å². The van der Waals surface area contributed by atoms with Crippen molar-refractivity contribution in [1.82, 2.24) is 14.6 Å². The van der Waals surface area contributed by atoms with E-state index in [-0.39, 0.29) is 5.91 Å². The maximum absolute atomic E-state index is 12.2. The molecule has 0 aliphatic heterocycles. The molecule has 0 radical (unpaired) electrons. The number of carbonyl (C=O) groups excluding carboxylic acids is 1. The summed E-state index contributed by atoms with van der Waals surface area (Å²) in [7, 11) is 1.64. The number of hydrogen-bond acceptors (Lipinski definition) is 5. The molecule has 0 atom stereocenters. The van der Waals surface area contributed by atoms with Crippen molar-refractivity contribution in [2.45, 2.75) is 6.42 Å². The van der Waals surface area contributed by atoms with Gasteiger partial charge in [0.15, 0.2) is 0 Å². The second-order valence-electron chi connectivity index (χ2n) is 5.69. The van der Waals surface area contributed by atoms with Gasteiger partial charge in [0.25, 0.3) is 0 Å². The minimum atomic E-state index is -0.138. The van der Waals surface area contributed by atoms with Gasteiger partial charge in [-0.15, -0.1) is 16.4 Å². The Bertz CT molecular complexity index is 1040. The van der Waals surface area contributed by atoms with Gasteiger partial charge in [-0.1, -0.05) is 30.3 Å². The summed E-state index contributed by atoms with van der Waals surface area (Å²) in [5.74, 6) is 0.973. The van der Waals surface area contributed by atoms with Crippen LogP contribution in [0, 0.1) is 0 Å². The van der Waals surface area contributed by atoms with Crippen molar-refractivity contribution in [2.75, 3.05) is 12.4 Å². The number of methoxy groups -OCH3 is 1. The van der Waals surface area contributed by atoms with E-state index in [2.05, 4.69) is 15.4 Å². The Hall–Kier alpha value is -3.19. The summed E-state index contributed by atoms with van der Waals surface area (Å²) in [6, 6.07) is 17.3. The fraction of sp³-hybridized carbons (Fsp3) is 0.105. The number of hydrogen-bond donors (Lipinski definition) is 1. The molecule has 2 heterocycles. The molecule has 26 heavy (non-hydrogen) atoms. The quantitative estimate of drug-likeness (QED) is 0.587. The predicted molar refractivity (Wildman–Crippen MR) is 102 cm³/mol. The van der Waals surface area contributed by atoms with Crippen LogP contribution < -0.4 is 10.1 Å². The van der Waals surface area contributed by atoms with Gasteiger partial charge in [0.1, 0.15) is 5.75 Å². The lowest BCUT2D eigenvalue weighted by Gasteiger charge is -2.02. The highest BCUT2D eigenvalue weighted by molar-refractivity contribution is 7.15. The molecule has 4 rings (SSSR count). The molecule has 1 N–H and O–H groups in total. The van der Waals surface area contributed by atoms with Crippen molar-refractivity contribution in [3.8, 4) is 17.0 Å². The van der Waals surface area contributed by atoms with Gasteiger partial charge in [-0.2, -0.15) is 4.98 Å². The van der Waals surface area contributed by atoms with Crippen molar-refractivity contribution in [3.63, 3.8) is 0 Å². The molecule has 2 aromatic heterocycles. The van der Waals surface area contributed by atoms with Crippen LogP contribution in [0.1, 0.15) is 5.56 Å². The van der Waals surface area contributed by atoms with E-state index in [9.17, 15) is 4.79 Å². The standard InChI is InChI=1S/C19H16N4O2S/c1-25-15-9-7-14(8-10-15)16-12-26-19-21-18(22-23(16)19)20-17(24)11-13-5-3-2-4-6-13/h2-10,12H,11H2,1H3,(H,20,22,24). The molecular formula is C19H16N4O2S. The Morgan fingerprint density at radius 1 is 1.15 bits per heavy atom. The normalized spacial score (nSPS) is 10.8. The summed E-state index contributed by atoms with van der Waals surface area (Å²) >= 11 is 1.48. The third-order valence-electron chi connectivity index (χ3n) is 3.93. The van der Waals surface area contributed by atoms with Gasteiger partial charge in [0.05, 0.1) is 19.2 Å². The maximum Gasteiger partial charge on any atom is 0.250 e. The molecule has 0 unspecified atom stereocenters. The minimum Gasteiger partial charge on any atom is -0.497 e. The van der Waals surface area contributed by atoms with E-state index in [1.807, 2.05) is 60.0 Å². The summed E-state index contributed by atoms with van der Waals surface area (Å²) in [5, 5.41) is 9.19. The molecule has 1 amide bonds. The van der Waals surface area contributed by atoms with Crippen molar-refractivity contribution >= 4 is 28.2 Å². The SMILES string of the molecule is COc1ccc(-c2csc3nc(NC(=O)Cc4ccccc4)nn23)cc1. The maximum atomic E-state index is 12.2. The van der Waals surface area contributed by atoms with Crippen molar-refractivity contribution in [3.05, 3.63) is 65.5 Å². The first kappa shape index (κ1) is 16.3. The average molecular weight is 364 g/mol. The van der Waals surface area contributed by atoms with Crippen LogP contribution in [-0.2, 0) is 11.2 Å². The van der Waals surface area contributed by atoms with Gasteiger partial charge >= 0.3 is 0 Å². The van der Waals surface area contributed by atoms with Crippen LogP contribution in [0.2, 0.25) is 0 Å². The van der Waals surface area contributed by atoms with Gasteiger partial charge in [0.2, 0.25) is 16.8 Å². The minimum absolute atomic E-state index is 0.138. The van der Waals surface area contributed by atoms with E-state index in [1.54, 1.807) is 11.6 Å². The third kappa shape index (κ3) is 3.29. The van der Waals surface area contributed by atoms with Crippen molar-refractivity contribution in [1.29, 1.82) is 0 Å². The Kier molecular flexibility index (Phi) is 4.37. The van der Waals surface area contributed by atoms with Crippen LogP contribution >= 0.6 is 11.3 Å². The third-order valence-corrected chi connectivity index (χ3v) is 4.74. The number of nitrogens with zero attached hydrogens (tertiary/aromatic N) is 3. The largest absolute Gasteiger partial charge is 0.497 e. The molecule has 130 valence electrons. The van der Waals surface area contributed by atoms with Gasteiger partial charge in [0, 0.05) is 10.9 Å². The Morgan fingerprint density at radius 3 is 2.65 bits per heavy atom. The first-order chi connectivity index (χ1) is 12.7. The average Bonchev–Trinajstić information content (AvgIpc) is 3.22. The summed E-state index contributed by atoms with van der Waals surface area (Å²) in [6.45, 7) is 0. The lowest BCUT2D eigenvalue weighted by atomic mass is 10.1. The zero-order valence-electron chi connectivity index (χ0n) is 14.0. The number of benzene rings is 2. The van der Waals surface area contributed by atoms with Gasteiger partial charge in [-0.25, -0.2) is 4.52 Å². The highest BCUT2D eigenvalue weighted by Gasteiger charge is 2.13. The summed E-state index contributed by atoms with van der Waals surface area (Å²) < 4.78 is 6.93. The summed E-state index contributed by atoms with van der Waals surface area (Å²) in [4.78, 5) is 17.3. The number of aromatic nitrogens is 3. The number of anilines is 1. The van der Waals surface area contributed by atoms with Gasteiger partial charge < -0.3 is 4.74 Å². The lowest BCUT2D eigenvalue weighted by Crippen LogP contribution is -2.15. The lowest BCUT2D eigenvalue weighted by molar-refractivity contribution is -0.115. The molecule has 0 saturated heterocycles. The molecular weight excluding hydrogens is 348 g/mol. The summed E-state index contributed by atoms with van der Waals surface area (Å²) in [5.41, 5.74) is 2.87. The Labute approximate surface area is 154 Å². The van der Waals surface area contributed by atoms with Gasteiger partial charge in [-0.05, 0) is 29.8 Å². The number of carbonyl (C=O) groups is 1. The second kappa shape index (κ2) is 6.97. The zero-order valence-corrected chi connectivity index (χ0v) is 14.9. The highest BCUT2D eigenvalue weighted by Crippen LogP contribution is 2.27. The van der Waals surface area contributed by atoms with E-state index < -0.39 is 0 Å². The fourth-order valence-electron chi connectivity index (χ4n) is 2.64. The van der Waals surface area contributed by atoms with E-state index in [0.717, 1.165) is 27.5 Å². The van der Waals surface area contributed by atoms with Crippen LogP contribution in [-0.4, -0.2) is 27.6 Å². The smallest absolute Gasteiger partial charge is 0.250 e. The van der Waals surface area contributed by atoms with E-state index >= 15 is 0 Å². The van der Waals surface area contributed by atoms with E-state index in [1.165, 1.54) is 11.3 Å². The predicted octanol–water partition coefficient (Wildman–Crippen LogP) is 3.65. The molecule has 0 fully saturated rings. The first-order valence-electron chi connectivity index (χ1n) is 8.05. The topological polar surface area (TPSA) is 68.5 Å². The highest BCUT2D eigenvalue weighted by atomic mass is 32.1. The molecule has 0 saturated carbocycles. The van der Waals surface area contributed by atoms with Crippen molar-refractivity contribution < 1.29 is 9.53 Å². The Balaban J connectivity index is 1.54. The van der Waals surface area contributed by atoms with Crippen LogP contribution in [0.3, 0.4) is 0 Å². The molecule has 0 bridgehead atoms. The molecule has 2 aromatic carbocycles. The van der Waals surface area contributed by atoms with Crippen LogP contribution in [0.15, 0.2) is 60.0 Å². The number of ether oxygens (including phenoxy) is 1. The molecule has 0 aliphatic rings. The first-order valence-corrected chi connectivity index (χ1v) is 8.93. The number of thiazole rings is 1. The van der Waals surface area contributed by atoms with Crippen LogP contribution in [0.25, 0.3) is 16.2 Å². The molecule has 6 nitrogen and oxygen atoms in total. The molecule has 0 spiro atoms. The zero-order chi connectivity index (χ0) is 17.9. The molecule has 7 heteroatoms. The molecule has 4 aromatic rings. The van der Waals surface area contributed by atoms with Crippen LogP contribution in [0.5, 0.6) is 5.75 Å². The van der Waals surface area contributed by atoms with Crippen molar-refractivity contribution in [2.24, 2.45) is 0 Å². The number of rotatable bonds is 5. The van der Waals surface area contributed by atoms with E-state index in [0.29, 0.717) is 12.4 Å². The molecule has 0 aliphatic carbocycles. The summed E-state index contributed by atoms with van der Waals surface area (Å²) in [6.07, 6.45) is 0.291. The second-order valence-corrected chi connectivity index (χ2v) is 6.53. The van der Waals surface area contributed by atoms with Crippen LogP contribution in [0.4, 0.5) is 5.95 Å². The Morgan fingerprint density at radius 2 is 1.92 bits per heavy atom.